The lowest BCUT2D eigenvalue weighted by atomic mass is 10.0. The SMILES string of the molecule is CN1c2cc(-c3cc(C#N)ccc3F)ccc2N(CC2CC2)S1(O)O. The molecular formula is C18H18FN3O2S. The van der Waals surface area contributed by atoms with E-state index >= 15 is 0 Å². The fourth-order valence-electron chi connectivity index (χ4n) is 3.12. The molecule has 25 heavy (non-hydrogen) atoms. The van der Waals surface area contributed by atoms with Crippen molar-refractivity contribution in [3.05, 3.63) is 47.8 Å². The van der Waals surface area contributed by atoms with Gasteiger partial charge in [0.2, 0.25) is 0 Å². The van der Waals surface area contributed by atoms with Crippen molar-refractivity contribution in [1.29, 1.82) is 5.26 Å². The van der Waals surface area contributed by atoms with Gasteiger partial charge in [-0.1, -0.05) is 6.07 Å². The molecule has 2 aromatic rings. The minimum atomic E-state index is -3.08. The minimum absolute atomic E-state index is 0.326. The van der Waals surface area contributed by atoms with Crippen molar-refractivity contribution >= 4 is 22.3 Å². The van der Waals surface area contributed by atoms with Crippen LogP contribution in [0.15, 0.2) is 36.4 Å². The third kappa shape index (κ3) is 2.63. The molecule has 2 N–H and O–H groups in total. The summed E-state index contributed by atoms with van der Waals surface area (Å²) in [6.07, 6.45) is 2.21. The Bertz CT molecular complexity index is 892. The Morgan fingerprint density at radius 2 is 1.96 bits per heavy atom. The summed E-state index contributed by atoms with van der Waals surface area (Å²) in [5.41, 5.74) is 2.70. The van der Waals surface area contributed by atoms with Gasteiger partial charge in [-0.15, -0.1) is 0 Å². The Kier molecular flexibility index (Phi) is 3.65. The molecular weight excluding hydrogens is 341 g/mol. The van der Waals surface area contributed by atoms with Crippen molar-refractivity contribution in [2.24, 2.45) is 5.92 Å². The van der Waals surface area contributed by atoms with Gasteiger partial charge in [-0.3, -0.25) is 17.7 Å². The van der Waals surface area contributed by atoms with E-state index in [4.69, 9.17) is 5.26 Å². The smallest absolute Gasteiger partial charge is 0.131 e. The predicted molar refractivity (Wildman–Crippen MR) is 97.9 cm³/mol. The molecule has 1 fully saturated rings. The van der Waals surface area contributed by atoms with Crippen LogP contribution in [0.5, 0.6) is 0 Å². The molecule has 1 aliphatic carbocycles. The molecule has 0 spiro atoms. The van der Waals surface area contributed by atoms with E-state index in [0.717, 1.165) is 18.5 Å². The number of hydrogen-bond acceptors (Lipinski definition) is 5. The van der Waals surface area contributed by atoms with E-state index in [1.807, 2.05) is 6.07 Å². The fraction of sp³-hybridized carbons (Fsp3) is 0.278. The highest BCUT2D eigenvalue weighted by Gasteiger charge is 2.41. The molecule has 7 heteroatoms. The maximum Gasteiger partial charge on any atom is 0.131 e. The third-order valence-electron chi connectivity index (χ3n) is 4.77. The fourth-order valence-corrected chi connectivity index (χ4v) is 4.65. The normalized spacial score (nSPS) is 19.5. The Labute approximate surface area is 147 Å². The van der Waals surface area contributed by atoms with Crippen molar-refractivity contribution in [3.8, 4) is 17.2 Å². The molecule has 0 amide bonds. The molecule has 2 aliphatic rings. The highest BCUT2D eigenvalue weighted by atomic mass is 32.3. The van der Waals surface area contributed by atoms with Gasteiger partial charge < -0.3 is 0 Å². The van der Waals surface area contributed by atoms with Gasteiger partial charge in [0.25, 0.3) is 0 Å². The molecule has 0 radical (unpaired) electrons. The molecule has 0 atom stereocenters. The van der Waals surface area contributed by atoms with E-state index in [1.165, 1.54) is 22.5 Å². The number of rotatable bonds is 3. The molecule has 1 saturated carbocycles. The van der Waals surface area contributed by atoms with Crippen LogP contribution in [-0.2, 0) is 0 Å². The summed E-state index contributed by atoms with van der Waals surface area (Å²) < 4.78 is 38.5. The Morgan fingerprint density at radius 3 is 2.64 bits per heavy atom. The average Bonchev–Trinajstić information content (AvgIpc) is 3.40. The lowest BCUT2D eigenvalue weighted by Gasteiger charge is -2.42. The molecule has 5 nitrogen and oxygen atoms in total. The van der Waals surface area contributed by atoms with E-state index in [1.54, 1.807) is 29.6 Å². The van der Waals surface area contributed by atoms with Crippen LogP contribution in [0.25, 0.3) is 11.1 Å². The summed E-state index contributed by atoms with van der Waals surface area (Å²) in [5.74, 6) is 0.0796. The number of benzene rings is 2. The van der Waals surface area contributed by atoms with Gasteiger partial charge in [-0.2, -0.15) is 5.26 Å². The van der Waals surface area contributed by atoms with Crippen molar-refractivity contribution in [2.45, 2.75) is 12.8 Å². The molecule has 2 aromatic carbocycles. The summed E-state index contributed by atoms with van der Waals surface area (Å²) >= 11 is 0. The molecule has 1 aliphatic heterocycles. The van der Waals surface area contributed by atoms with Crippen LogP contribution in [0.2, 0.25) is 0 Å². The first kappa shape index (κ1) is 16.2. The molecule has 0 saturated heterocycles. The monoisotopic (exact) mass is 359 g/mol. The third-order valence-corrected chi connectivity index (χ3v) is 6.64. The lowest BCUT2D eigenvalue weighted by Crippen LogP contribution is -2.32. The maximum atomic E-state index is 14.2. The quantitative estimate of drug-likeness (QED) is 0.837. The highest BCUT2D eigenvalue weighted by molar-refractivity contribution is 8.26. The van der Waals surface area contributed by atoms with Gasteiger partial charge in [0.05, 0.1) is 23.0 Å². The zero-order valence-corrected chi connectivity index (χ0v) is 14.5. The highest BCUT2D eigenvalue weighted by Crippen LogP contribution is 2.61. The van der Waals surface area contributed by atoms with Crippen molar-refractivity contribution in [2.75, 3.05) is 22.2 Å². The van der Waals surface area contributed by atoms with Crippen LogP contribution < -0.4 is 8.61 Å². The number of hydrogen-bond donors (Lipinski definition) is 2. The van der Waals surface area contributed by atoms with Crippen LogP contribution in [0.1, 0.15) is 18.4 Å². The second kappa shape index (κ2) is 5.63. The van der Waals surface area contributed by atoms with Crippen molar-refractivity contribution < 1.29 is 13.5 Å². The standard InChI is InChI=1S/C18H18FN3O2S/c1-21-18-9-14(15-8-13(10-20)4-6-16(15)19)5-7-17(18)22(25(21,23)24)11-12-2-3-12/h4-9,12,23-24H,2-3,11H2,1H3. The van der Waals surface area contributed by atoms with Gasteiger partial charge in [0.15, 0.2) is 0 Å². The van der Waals surface area contributed by atoms with Gasteiger partial charge in [0.1, 0.15) is 5.82 Å². The van der Waals surface area contributed by atoms with Crippen LogP contribution >= 0.6 is 11.0 Å². The van der Waals surface area contributed by atoms with Crippen LogP contribution in [-0.4, -0.2) is 22.7 Å². The van der Waals surface area contributed by atoms with E-state index in [-0.39, 0.29) is 0 Å². The molecule has 0 unspecified atom stereocenters. The van der Waals surface area contributed by atoms with Gasteiger partial charge in [-0.05, 0) is 65.6 Å². The average molecular weight is 359 g/mol. The van der Waals surface area contributed by atoms with Gasteiger partial charge >= 0.3 is 0 Å². The first-order valence-corrected chi connectivity index (χ1v) is 9.51. The van der Waals surface area contributed by atoms with Gasteiger partial charge in [0, 0.05) is 19.2 Å². The van der Waals surface area contributed by atoms with E-state index in [9.17, 15) is 13.5 Å². The van der Waals surface area contributed by atoms with Crippen LogP contribution in [0.3, 0.4) is 0 Å². The summed E-state index contributed by atoms with van der Waals surface area (Å²) in [6.45, 7) is 0.608. The summed E-state index contributed by atoms with van der Waals surface area (Å²) in [7, 11) is -1.45. The zero-order chi connectivity index (χ0) is 17.8. The molecule has 4 rings (SSSR count). The van der Waals surface area contributed by atoms with Crippen LogP contribution in [0, 0.1) is 23.1 Å². The molecule has 0 aromatic heterocycles. The second-order valence-corrected chi connectivity index (χ2v) is 8.47. The Balaban J connectivity index is 1.79. The maximum absolute atomic E-state index is 14.2. The summed E-state index contributed by atoms with van der Waals surface area (Å²) in [5, 5.41) is 9.04. The molecule has 1 heterocycles. The van der Waals surface area contributed by atoms with Crippen molar-refractivity contribution in [3.63, 3.8) is 0 Å². The number of anilines is 2. The van der Waals surface area contributed by atoms with E-state index in [0.29, 0.717) is 34.8 Å². The largest absolute Gasteiger partial charge is 0.264 e. The summed E-state index contributed by atoms with van der Waals surface area (Å²) in [6, 6.07) is 11.5. The number of fused-ring (bicyclic) bond motifs is 1. The van der Waals surface area contributed by atoms with Crippen molar-refractivity contribution in [1.82, 2.24) is 0 Å². The van der Waals surface area contributed by atoms with Gasteiger partial charge in [-0.25, -0.2) is 4.39 Å². The Hall–Kier alpha value is -2.27. The topological polar surface area (TPSA) is 70.7 Å². The molecule has 0 bridgehead atoms. The number of nitrogens with zero attached hydrogens (tertiary/aromatic N) is 3. The summed E-state index contributed by atoms with van der Waals surface area (Å²) in [4.78, 5) is 0. The van der Waals surface area contributed by atoms with Crippen LogP contribution in [0.4, 0.5) is 15.8 Å². The number of nitriles is 1. The van der Waals surface area contributed by atoms with E-state index < -0.39 is 16.8 Å². The molecule has 130 valence electrons. The zero-order valence-electron chi connectivity index (χ0n) is 13.7. The number of halogens is 1. The minimum Gasteiger partial charge on any atom is -0.264 e. The first-order chi connectivity index (χ1) is 11.9. The van der Waals surface area contributed by atoms with E-state index in [2.05, 4.69) is 0 Å². The first-order valence-electron chi connectivity index (χ1n) is 8.05. The second-order valence-electron chi connectivity index (χ2n) is 6.50. The predicted octanol–water partition coefficient (Wildman–Crippen LogP) is 4.61. The lowest BCUT2D eigenvalue weighted by molar-refractivity contribution is 0.481. The Morgan fingerprint density at radius 1 is 1.20 bits per heavy atom.